The highest BCUT2D eigenvalue weighted by Gasteiger charge is 2.38. The van der Waals surface area contributed by atoms with Crippen LogP contribution in [0.15, 0.2) is 115 Å². The Labute approximate surface area is 288 Å². The van der Waals surface area contributed by atoms with Crippen LogP contribution in [0.3, 0.4) is 0 Å². The van der Waals surface area contributed by atoms with Gasteiger partial charge in [-0.15, -0.1) is 5.10 Å². The van der Waals surface area contributed by atoms with Crippen molar-refractivity contribution < 1.29 is 29.2 Å². The van der Waals surface area contributed by atoms with Gasteiger partial charge in [-0.05, 0) is 74.6 Å². The van der Waals surface area contributed by atoms with Crippen molar-refractivity contribution in [3.63, 3.8) is 0 Å². The number of tetrazole rings is 1. The van der Waals surface area contributed by atoms with Crippen LogP contribution < -0.4 is 5.32 Å². The Morgan fingerprint density at radius 2 is 1.73 bits per heavy atom. The van der Waals surface area contributed by atoms with Crippen LogP contribution in [0.4, 0.5) is 4.79 Å². The number of nitrogens with one attached hydrogen (secondary N) is 1. The zero-order valence-electron chi connectivity index (χ0n) is 26.9. The smallest absolute Gasteiger partial charge is 0.407 e. The number of aliphatic hydroxyl groups excluding tert-OH is 1. The van der Waals surface area contributed by atoms with Gasteiger partial charge < -0.3 is 29.7 Å². The number of alkyl carbamates (subject to hydrolysis) is 1. The molecule has 0 aliphatic carbocycles. The average molecular weight is 680 g/mol. The molecule has 12 heteroatoms. The molecule has 3 N–H and O–H groups in total. The number of thioether (sulfide) groups is 1. The molecule has 2 heterocycles. The molecule has 1 fully saturated rings. The third-order valence-corrected chi connectivity index (χ3v) is 9.23. The third-order valence-electron chi connectivity index (χ3n) is 8.22. The number of phenolic OH excluding ortho intramolecular Hbond substituents is 1. The second-order valence-corrected chi connectivity index (χ2v) is 12.6. The Morgan fingerprint density at radius 3 is 2.49 bits per heavy atom. The predicted octanol–water partition coefficient (Wildman–Crippen LogP) is 6.52. The minimum Gasteiger partial charge on any atom is -0.508 e. The maximum Gasteiger partial charge on any atom is 0.407 e. The van der Waals surface area contributed by atoms with Gasteiger partial charge in [-0.2, -0.15) is 4.68 Å². The number of aromatic hydroxyl groups is 1. The molecule has 252 valence electrons. The van der Waals surface area contributed by atoms with Crippen LogP contribution in [0.5, 0.6) is 5.75 Å². The summed E-state index contributed by atoms with van der Waals surface area (Å²) in [6, 6.07) is 30.5. The molecule has 49 heavy (non-hydrogen) atoms. The van der Waals surface area contributed by atoms with Crippen LogP contribution in [-0.4, -0.2) is 55.0 Å². The summed E-state index contributed by atoms with van der Waals surface area (Å²) in [5.41, 5.74) is 6.29. The van der Waals surface area contributed by atoms with Gasteiger partial charge in [0.1, 0.15) is 12.4 Å². The number of ether oxygens (including phenoxy) is 3. The van der Waals surface area contributed by atoms with Crippen molar-refractivity contribution in [2.75, 3.05) is 12.4 Å². The normalized spacial score (nSPS) is 18.9. The van der Waals surface area contributed by atoms with E-state index in [9.17, 15) is 15.0 Å². The fraction of sp³-hybridized carbons (Fsp3) is 0.243. The summed E-state index contributed by atoms with van der Waals surface area (Å²) in [5.74, 6) is 0.677. The standard InChI is InChI=1S/C37H37N5O6S/c1-3-18-46-37(45)38-21-26-6-4-7-28(19-26)29-8-5-9-30(20-29)35-47-33(24(2)34(48-35)27-12-10-25(22-43)11-13-27)23-49-36-39-40-41-42(36)31-14-16-32(44)17-15-31/h3-17,19-20,24,33-35,43-44H,1,18,21-23H2,2H3,(H,38,45)/t24-,33+,34+,35+/m0/s1. The minimum atomic E-state index is -0.665. The van der Waals surface area contributed by atoms with Gasteiger partial charge in [-0.1, -0.05) is 92.0 Å². The van der Waals surface area contributed by atoms with E-state index >= 15 is 0 Å². The Balaban J connectivity index is 1.23. The lowest BCUT2D eigenvalue weighted by Crippen LogP contribution is -2.38. The molecule has 4 aromatic carbocycles. The fourth-order valence-corrected chi connectivity index (χ4v) is 6.63. The lowest BCUT2D eigenvalue weighted by atomic mass is 9.91. The van der Waals surface area contributed by atoms with Crippen molar-refractivity contribution in [2.45, 2.75) is 43.7 Å². The topological polar surface area (TPSA) is 141 Å². The second-order valence-electron chi connectivity index (χ2n) is 11.6. The molecule has 1 saturated heterocycles. The van der Waals surface area contributed by atoms with E-state index < -0.39 is 12.4 Å². The number of carbonyl (C=O) groups is 1. The summed E-state index contributed by atoms with van der Waals surface area (Å²) in [6.45, 7) is 6.10. The van der Waals surface area contributed by atoms with E-state index in [-0.39, 0.29) is 37.1 Å². The molecule has 0 unspecified atom stereocenters. The Morgan fingerprint density at radius 1 is 0.980 bits per heavy atom. The molecule has 4 atom stereocenters. The van der Waals surface area contributed by atoms with Crippen molar-refractivity contribution in [2.24, 2.45) is 5.92 Å². The first-order chi connectivity index (χ1) is 23.9. The fourth-order valence-electron chi connectivity index (χ4n) is 5.58. The summed E-state index contributed by atoms with van der Waals surface area (Å²) in [6.07, 6.45) is -0.174. The lowest BCUT2D eigenvalue weighted by molar-refractivity contribution is -0.268. The zero-order valence-corrected chi connectivity index (χ0v) is 27.7. The van der Waals surface area contributed by atoms with Crippen LogP contribution in [0.25, 0.3) is 16.8 Å². The van der Waals surface area contributed by atoms with Crippen LogP contribution in [0.1, 0.15) is 41.6 Å². The maximum atomic E-state index is 11.9. The van der Waals surface area contributed by atoms with E-state index in [4.69, 9.17) is 14.2 Å². The zero-order chi connectivity index (χ0) is 34.2. The Kier molecular flexibility index (Phi) is 11.0. The monoisotopic (exact) mass is 679 g/mol. The molecule has 0 radical (unpaired) electrons. The highest BCUT2D eigenvalue weighted by molar-refractivity contribution is 7.99. The van der Waals surface area contributed by atoms with E-state index in [2.05, 4.69) is 40.4 Å². The van der Waals surface area contributed by atoms with Crippen LogP contribution in [-0.2, 0) is 27.4 Å². The first kappa shape index (κ1) is 33.9. The summed E-state index contributed by atoms with van der Waals surface area (Å²) >= 11 is 1.48. The van der Waals surface area contributed by atoms with Crippen LogP contribution in [0.2, 0.25) is 0 Å². The highest BCUT2D eigenvalue weighted by Crippen LogP contribution is 2.43. The largest absolute Gasteiger partial charge is 0.508 e. The van der Waals surface area contributed by atoms with Crippen molar-refractivity contribution in [3.05, 3.63) is 132 Å². The highest BCUT2D eigenvalue weighted by atomic mass is 32.2. The van der Waals surface area contributed by atoms with E-state index in [1.54, 1.807) is 28.9 Å². The number of hydrogen-bond donors (Lipinski definition) is 3. The molecule has 1 aliphatic heterocycles. The number of hydrogen-bond acceptors (Lipinski definition) is 10. The molecule has 1 amide bonds. The molecule has 0 spiro atoms. The molecule has 11 nitrogen and oxygen atoms in total. The summed E-state index contributed by atoms with van der Waals surface area (Å²) in [4.78, 5) is 11.9. The van der Waals surface area contributed by atoms with E-state index in [0.717, 1.165) is 39.1 Å². The van der Waals surface area contributed by atoms with Crippen molar-refractivity contribution >= 4 is 17.9 Å². The van der Waals surface area contributed by atoms with Crippen molar-refractivity contribution in [3.8, 4) is 22.6 Å². The number of aliphatic hydroxyl groups is 1. The number of benzene rings is 4. The summed E-state index contributed by atoms with van der Waals surface area (Å²) in [5, 5.41) is 35.0. The van der Waals surface area contributed by atoms with Gasteiger partial charge in [0.15, 0.2) is 6.29 Å². The number of rotatable bonds is 12. The van der Waals surface area contributed by atoms with Gasteiger partial charge in [0.05, 0.1) is 24.5 Å². The van der Waals surface area contributed by atoms with Gasteiger partial charge in [0, 0.05) is 23.8 Å². The van der Waals surface area contributed by atoms with Crippen LogP contribution in [0, 0.1) is 5.92 Å². The Bertz CT molecular complexity index is 1870. The van der Waals surface area contributed by atoms with Gasteiger partial charge in [-0.3, -0.25) is 0 Å². The molecule has 0 bridgehead atoms. The van der Waals surface area contributed by atoms with Crippen molar-refractivity contribution in [1.82, 2.24) is 25.5 Å². The first-order valence-electron chi connectivity index (χ1n) is 15.8. The SMILES string of the molecule is C=CCOC(=O)NCc1cccc(-c2cccc([C@@H]3O[C@H](CSc4nnnn4-c4ccc(O)cc4)[C@H](C)[C@H](c4ccc(CO)cc4)O3)c2)c1. The molecular formula is C37H37N5O6S. The van der Waals surface area contributed by atoms with E-state index in [0.29, 0.717) is 17.5 Å². The molecule has 0 saturated carbocycles. The van der Waals surface area contributed by atoms with Gasteiger partial charge in [0.25, 0.3) is 0 Å². The predicted molar refractivity (Wildman–Crippen MR) is 185 cm³/mol. The third kappa shape index (κ3) is 8.35. The summed E-state index contributed by atoms with van der Waals surface area (Å²) in [7, 11) is 0. The summed E-state index contributed by atoms with van der Waals surface area (Å²) < 4.78 is 20.0. The van der Waals surface area contributed by atoms with Gasteiger partial charge in [-0.25, -0.2) is 4.79 Å². The minimum absolute atomic E-state index is 0.0349. The Hall–Kier alpha value is -5.01. The lowest BCUT2D eigenvalue weighted by Gasteiger charge is -2.41. The maximum absolute atomic E-state index is 11.9. The first-order valence-corrected chi connectivity index (χ1v) is 16.8. The molecule has 1 aliphatic rings. The molecular weight excluding hydrogens is 643 g/mol. The van der Waals surface area contributed by atoms with E-state index in [1.807, 2.05) is 66.7 Å². The van der Waals surface area contributed by atoms with Crippen molar-refractivity contribution in [1.29, 1.82) is 0 Å². The number of nitrogens with zero attached hydrogens (tertiary/aromatic N) is 4. The van der Waals surface area contributed by atoms with Gasteiger partial charge in [0.2, 0.25) is 5.16 Å². The second kappa shape index (κ2) is 15.9. The number of carbonyl (C=O) groups excluding carboxylic acids is 1. The molecule has 5 aromatic rings. The average Bonchev–Trinajstić information content (AvgIpc) is 3.62. The molecule has 6 rings (SSSR count). The van der Waals surface area contributed by atoms with Crippen LogP contribution >= 0.6 is 11.8 Å². The quantitative estimate of drug-likeness (QED) is 0.0986. The van der Waals surface area contributed by atoms with E-state index in [1.165, 1.54) is 17.8 Å². The molecule has 1 aromatic heterocycles. The number of phenols is 1. The number of amides is 1. The van der Waals surface area contributed by atoms with Gasteiger partial charge >= 0.3 is 6.09 Å². The number of aromatic nitrogens is 4.